The first-order valence-corrected chi connectivity index (χ1v) is 10.7. The molecule has 1 fully saturated rings. The molecule has 6 nitrogen and oxygen atoms in total. The van der Waals surface area contributed by atoms with Gasteiger partial charge in [0.2, 0.25) is 0 Å². The summed E-state index contributed by atoms with van der Waals surface area (Å²) in [6.45, 7) is 4.00. The molecule has 0 radical (unpaired) electrons. The summed E-state index contributed by atoms with van der Waals surface area (Å²) in [5.74, 6) is 0.263. The third-order valence-electron chi connectivity index (χ3n) is 4.21. The lowest BCUT2D eigenvalue weighted by Gasteiger charge is -2.12. The molecular weight excluding hydrogens is 346 g/mol. The third kappa shape index (κ3) is 3.92. The second-order valence-corrected chi connectivity index (χ2v) is 9.60. The molecule has 2 aliphatic rings. The van der Waals surface area contributed by atoms with Crippen LogP contribution in [0.2, 0.25) is 0 Å². The van der Waals surface area contributed by atoms with E-state index in [1.54, 1.807) is 12.1 Å². The van der Waals surface area contributed by atoms with Crippen LogP contribution in [-0.4, -0.2) is 48.3 Å². The van der Waals surface area contributed by atoms with Crippen LogP contribution in [0.15, 0.2) is 29.3 Å². The van der Waals surface area contributed by atoms with Crippen LogP contribution in [0, 0.1) is 0 Å². The zero-order valence-corrected chi connectivity index (χ0v) is 15.3. The number of amidine groups is 1. The number of nitrogens with zero attached hydrogens (tertiary/aromatic N) is 1. The number of carbonyl (C=O) groups excluding carboxylic acids is 1. The molecule has 1 amide bonds. The molecule has 3 atom stereocenters. The molecule has 1 aromatic rings. The summed E-state index contributed by atoms with van der Waals surface area (Å²) >= 11 is 1.48. The third-order valence-corrected chi connectivity index (χ3v) is 7.35. The number of benzene rings is 1. The van der Waals surface area contributed by atoms with Crippen LogP contribution < -0.4 is 10.6 Å². The Hall–Kier alpha value is -1.54. The van der Waals surface area contributed by atoms with Gasteiger partial charge in [-0.25, -0.2) is 8.42 Å². The molecule has 24 heavy (non-hydrogen) atoms. The SMILES string of the molecule is CC[C@H](C)NC(=O)c1ccc(NC2=N[C@@H]3CS(=O)(=O)C[C@@H]3S2)cc1. The fourth-order valence-electron chi connectivity index (χ4n) is 2.65. The van der Waals surface area contributed by atoms with E-state index in [1.807, 2.05) is 26.0 Å². The molecule has 0 bridgehead atoms. The average molecular weight is 367 g/mol. The Morgan fingerprint density at radius 2 is 2.04 bits per heavy atom. The highest BCUT2D eigenvalue weighted by atomic mass is 32.2. The molecule has 0 spiro atoms. The van der Waals surface area contributed by atoms with Gasteiger partial charge in [-0.3, -0.25) is 9.79 Å². The number of fused-ring (bicyclic) bond motifs is 1. The predicted octanol–water partition coefficient (Wildman–Crippen LogP) is 1.90. The molecule has 1 saturated heterocycles. The van der Waals surface area contributed by atoms with Crippen molar-refractivity contribution in [2.24, 2.45) is 4.99 Å². The van der Waals surface area contributed by atoms with Crippen molar-refractivity contribution in [2.45, 2.75) is 37.6 Å². The second kappa shape index (κ2) is 6.76. The van der Waals surface area contributed by atoms with Gasteiger partial charge in [-0.05, 0) is 37.6 Å². The summed E-state index contributed by atoms with van der Waals surface area (Å²) in [5, 5.41) is 6.90. The number of thioether (sulfide) groups is 1. The summed E-state index contributed by atoms with van der Waals surface area (Å²) in [7, 11) is -2.93. The van der Waals surface area contributed by atoms with Crippen LogP contribution in [0.5, 0.6) is 0 Å². The summed E-state index contributed by atoms with van der Waals surface area (Å²) in [6.07, 6.45) is 0.889. The molecule has 3 rings (SSSR count). The Kier molecular flexibility index (Phi) is 4.87. The Morgan fingerprint density at radius 3 is 2.67 bits per heavy atom. The lowest BCUT2D eigenvalue weighted by atomic mass is 10.1. The summed E-state index contributed by atoms with van der Waals surface area (Å²) in [6, 6.07) is 7.22. The minimum atomic E-state index is -2.93. The molecule has 8 heteroatoms. The molecule has 1 aromatic carbocycles. The zero-order chi connectivity index (χ0) is 17.3. The van der Waals surface area contributed by atoms with Crippen molar-refractivity contribution in [3.8, 4) is 0 Å². The van der Waals surface area contributed by atoms with E-state index in [9.17, 15) is 13.2 Å². The highest BCUT2D eigenvalue weighted by Gasteiger charge is 2.42. The van der Waals surface area contributed by atoms with Crippen molar-refractivity contribution < 1.29 is 13.2 Å². The largest absolute Gasteiger partial charge is 0.350 e. The van der Waals surface area contributed by atoms with Gasteiger partial charge in [0.05, 0.1) is 17.5 Å². The van der Waals surface area contributed by atoms with Crippen LogP contribution in [-0.2, 0) is 9.84 Å². The van der Waals surface area contributed by atoms with Crippen molar-refractivity contribution in [3.63, 3.8) is 0 Å². The maximum absolute atomic E-state index is 12.0. The van der Waals surface area contributed by atoms with Crippen LogP contribution in [0.1, 0.15) is 30.6 Å². The van der Waals surface area contributed by atoms with Crippen molar-refractivity contribution in [1.82, 2.24) is 5.32 Å². The summed E-state index contributed by atoms with van der Waals surface area (Å²) in [4.78, 5) is 16.5. The molecule has 0 saturated carbocycles. The topological polar surface area (TPSA) is 87.6 Å². The van der Waals surface area contributed by atoms with E-state index in [2.05, 4.69) is 15.6 Å². The number of aliphatic imine (C=N–C) groups is 1. The fourth-order valence-corrected chi connectivity index (χ4v) is 6.33. The van der Waals surface area contributed by atoms with Gasteiger partial charge in [0.25, 0.3) is 5.91 Å². The fraction of sp³-hybridized carbons (Fsp3) is 0.500. The average Bonchev–Trinajstić information content (AvgIpc) is 3.00. The molecule has 130 valence electrons. The van der Waals surface area contributed by atoms with Gasteiger partial charge in [-0.15, -0.1) is 0 Å². The quantitative estimate of drug-likeness (QED) is 0.849. The van der Waals surface area contributed by atoms with Crippen molar-refractivity contribution in [3.05, 3.63) is 29.8 Å². The van der Waals surface area contributed by atoms with Crippen molar-refractivity contribution in [2.75, 3.05) is 16.8 Å². The highest BCUT2D eigenvalue weighted by molar-refractivity contribution is 8.15. The lowest BCUT2D eigenvalue weighted by molar-refractivity contribution is 0.0939. The smallest absolute Gasteiger partial charge is 0.251 e. The van der Waals surface area contributed by atoms with Crippen LogP contribution in [0.4, 0.5) is 5.69 Å². The Balaban J connectivity index is 1.60. The number of anilines is 1. The minimum Gasteiger partial charge on any atom is -0.350 e. The van der Waals surface area contributed by atoms with E-state index in [-0.39, 0.29) is 34.7 Å². The second-order valence-electron chi connectivity index (χ2n) is 6.22. The zero-order valence-electron chi connectivity index (χ0n) is 13.7. The molecule has 2 N–H and O–H groups in total. The van der Waals surface area contributed by atoms with E-state index >= 15 is 0 Å². The predicted molar refractivity (Wildman–Crippen MR) is 98.5 cm³/mol. The number of rotatable bonds is 4. The Bertz CT molecular complexity index is 759. The maximum atomic E-state index is 12.0. The van der Waals surface area contributed by atoms with Crippen LogP contribution in [0.25, 0.3) is 0 Å². The molecule has 2 aliphatic heterocycles. The summed E-state index contributed by atoms with van der Waals surface area (Å²) < 4.78 is 23.1. The number of carbonyl (C=O) groups is 1. The number of hydrogen-bond acceptors (Lipinski definition) is 6. The maximum Gasteiger partial charge on any atom is 0.251 e. The van der Waals surface area contributed by atoms with Crippen LogP contribution in [0.3, 0.4) is 0 Å². The van der Waals surface area contributed by atoms with E-state index in [1.165, 1.54) is 11.8 Å². The van der Waals surface area contributed by atoms with E-state index in [4.69, 9.17) is 0 Å². The molecular formula is C16H21N3O3S2. The van der Waals surface area contributed by atoms with E-state index < -0.39 is 9.84 Å². The monoisotopic (exact) mass is 367 g/mol. The minimum absolute atomic E-state index is 0.0260. The first kappa shape index (κ1) is 17.3. The molecule has 2 heterocycles. The highest BCUT2D eigenvalue weighted by Crippen LogP contribution is 2.34. The molecule has 0 aromatic heterocycles. The first-order valence-electron chi connectivity index (χ1n) is 7.99. The van der Waals surface area contributed by atoms with Crippen molar-refractivity contribution in [1.29, 1.82) is 0 Å². The standard InChI is InChI=1S/C16H21N3O3S2/c1-3-10(2)17-15(20)11-4-6-12(7-5-11)18-16-19-13-8-24(21,22)9-14(13)23-16/h4-7,10,13-14H,3,8-9H2,1-2H3,(H,17,20)(H,18,19)/t10-,13+,14-/m0/s1. The first-order chi connectivity index (χ1) is 11.4. The van der Waals surface area contributed by atoms with Gasteiger partial charge in [0.15, 0.2) is 15.0 Å². The number of amides is 1. The van der Waals surface area contributed by atoms with E-state index in [0.29, 0.717) is 5.56 Å². The number of hydrogen-bond donors (Lipinski definition) is 2. The molecule has 0 aliphatic carbocycles. The Labute approximate surface area is 146 Å². The number of sulfone groups is 1. The van der Waals surface area contributed by atoms with Gasteiger partial charge >= 0.3 is 0 Å². The normalized spacial score (nSPS) is 25.7. The van der Waals surface area contributed by atoms with E-state index in [0.717, 1.165) is 17.3 Å². The Morgan fingerprint density at radius 1 is 1.33 bits per heavy atom. The summed E-state index contributed by atoms with van der Waals surface area (Å²) in [5.41, 5.74) is 1.45. The van der Waals surface area contributed by atoms with Gasteiger partial charge in [0.1, 0.15) is 0 Å². The van der Waals surface area contributed by atoms with Gasteiger partial charge in [-0.2, -0.15) is 0 Å². The van der Waals surface area contributed by atoms with Crippen molar-refractivity contribution >= 4 is 38.4 Å². The lowest BCUT2D eigenvalue weighted by Crippen LogP contribution is -2.31. The van der Waals surface area contributed by atoms with Gasteiger partial charge in [-0.1, -0.05) is 18.7 Å². The van der Waals surface area contributed by atoms with Gasteiger partial charge in [0, 0.05) is 22.5 Å². The van der Waals surface area contributed by atoms with Gasteiger partial charge < -0.3 is 10.6 Å². The van der Waals surface area contributed by atoms with Crippen LogP contribution >= 0.6 is 11.8 Å². The number of nitrogens with one attached hydrogen (secondary N) is 2. The molecule has 0 unspecified atom stereocenters.